The van der Waals surface area contributed by atoms with Crippen LogP contribution in [0.5, 0.6) is 0 Å². The number of anilines is 1. The van der Waals surface area contributed by atoms with Crippen LogP contribution in [-0.2, 0) is 102 Å². The number of carbonyl (C=O) groups excluding carboxylic acids is 16. The fraction of sp³-hybridized carbons (Fsp3) is 0.521. The quantitative estimate of drug-likeness (QED) is 0.0113. The van der Waals surface area contributed by atoms with Gasteiger partial charge in [0.15, 0.2) is 5.78 Å². The Balaban J connectivity index is 1.86. The molecule has 0 aliphatic carbocycles. The molecular formula is C71H99N17O26. The molecule has 0 saturated carbocycles. The number of nitrogens with one attached hydrogen (secondary N) is 14. The molecule has 4 rings (SSSR count). The zero-order valence-corrected chi connectivity index (χ0v) is 62.7. The van der Waals surface area contributed by atoms with Gasteiger partial charge >= 0.3 is 29.8 Å². The summed E-state index contributed by atoms with van der Waals surface area (Å²) < 4.78 is 5.65. The van der Waals surface area contributed by atoms with Crippen molar-refractivity contribution in [2.75, 3.05) is 32.0 Å². The first-order valence-corrected chi connectivity index (χ1v) is 36.4. The number of hydrogen-bond acceptors (Lipinski definition) is 24. The van der Waals surface area contributed by atoms with Crippen molar-refractivity contribution in [1.29, 1.82) is 0 Å². The minimum atomic E-state index is -2.44. The number of aliphatic hydroxyl groups excluding tert-OH is 1. The number of nitrogen functional groups attached to an aromatic ring is 1. The van der Waals surface area contributed by atoms with E-state index in [0.717, 1.165) is 46.0 Å². The van der Waals surface area contributed by atoms with Crippen molar-refractivity contribution in [3.05, 3.63) is 65.9 Å². The molecule has 1 aliphatic heterocycles. The maximum Gasteiger partial charge on any atom is 0.329 e. The molecule has 0 bridgehead atoms. The Hall–Kier alpha value is -12.7. The van der Waals surface area contributed by atoms with Crippen LogP contribution in [0, 0.1) is 0 Å². The van der Waals surface area contributed by atoms with Crippen molar-refractivity contribution in [3.63, 3.8) is 0 Å². The molecule has 1 saturated heterocycles. The molecule has 0 radical (unpaired) electrons. The van der Waals surface area contributed by atoms with Gasteiger partial charge < -0.3 is 122 Å². The molecule has 1 aromatic heterocycles. The van der Waals surface area contributed by atoms with Crippen molar-refractivity contribution in [3.8, 4) is 0 Å². The third-order valence-corrected chi connectivity index (χ3v) is 17.5. The molecule has 25 N–H and O–H groups in total. The average Bonchev–Trinajstić information content (AvgIpc) is 1.64. The number of aliphatic hydroxyl groups is 1. The van der Waals surface area contributed by atoms with E-state index < -0.39 is 262 Å². The van der Waals surface area contributed by atoms with Gasteiger partial charge in [0.1, 0.15) is 72.6 Å². The number of aliphatic carboxylic acids is 4. The third-order valence-electron chi connectivity index (χ3n) is 17.5. The number of rotatable bonds is 35. The lowest BCUT2D eigenvalue weighted by molar-refractivity contribution is -0.156. The first-order chi connectivity index (χ1) is 53.9. The van der Waals surface area contributed by atoms with Crippen LogP contribution in [0.2, 0.25) is 0 Å². The SMILES string of the molecule is CCCCCCCCCC(=O)N[C@@H](Cc1c[nH]c2ccccc12)C(=O)N[C@@H](CC(N)=O)C(=O)N[C@@H](CC(=O)O)C(=O)N[C@@H]1C(=O)NCC(=O)N[C@@H](CCCN)C(=O)N[C@@H](CC(=O)O)C(=O)N[C@H](C)C(=O)N[C@@H](CC(=O)O)C(=O)NCC(=O)N[C@H](CO)C(=O)N[C@@H](CCC(=O)O)C(=O)N[C@@H](CC(=O)c2ccccc2N)C(=O)O[C@@H]1C. The van der Waals surface area contributed by atoms with E-state index in [-0.39, 0.29) is 37.1 Å². The molecule has 1 aliphatic rings. The van der Waals surface area contributed by atoms with Gasteiger partial charge in [0.2, 0.25) is 82.7 Å². The summed E-state index contributed by atoms with van der Waals surface area (Å²) >= 11 is 0. The summed E-state index contributed by atoms with van der Waals surface area (Å²) in [7, 11) is 0. The summed E-state index contributed by atoms with van der Waals surface area (Å²) in [6.07, 6.45) is -3.17. The Morgan fingerprint density at radius 3 is 1.65 bits per heavy atom. The average molecular weight is 1610 g/mol. The minimum absolute atomic E-state index is 0.0179. The van der Waals surface area contributed by atoms with Crippen LogP contribution < -0.4 is 86.3 Å². The van der Waals surface area contributed by atoms with Crippen molar-refractivity contribution < 1.29 is 126 Å². The number of ether oxygens (including phenoxy) is 1. The Kier molecular flexibility index (Phi) is 39.0. The van der Waals surface area contributed by atoms with E-state index in [1.807, 2.05) is 16.0 Å². The molecule has 114 heavy (non-hydrogen) atoms. The van der Waals surface area contributed by atoms with Crippen LogP contribution in [-0.4, -0.2) is 248 Å². The largest absolute Gasteiger partial charge is 0.481 e. The van der Waals surface area contributed by atoms with E-state index in [0.29, 0.717) is 29.3 Å². The van der Waals surface area contributed by atoms with E-state index >= 15 is 0 Å². The lowest BCUT2D eigenvalue weighted by atomic mass is 10.0. The Morgan fingerprint density at radius 2 is 1.05 bits per heavy atom. The second kappa shape index (κ2) is 47.5. The fourth-order valence-corrected chi connectivity index (χ4v) is 11.4. The molecule has 12 atom stereocenters. The van der Waals surface area contributed by atoms with Crippen molar-refractivity contribution in [1.82, 2.24) is 74.1 Å². The number of unbranched alkanes of at least 4 members (excludes halogenated alkanes) is 6. The van der Waals surface area contributed by atoms with E-state index in [1.54, 1.807) is 30.5 Å². The summed E-state index contributed by atoms with van der Waals surface area (Å²) in [5, 5.41) is 78.2. The number of esters is 1. The number of nitrogens with two attached hydrogens (primary N) is 3. The fourth-order valence-electron chi connectivity index (χ4n) is 11.4. The number of primary amides is 1. The van der Waals surface area contributed by atoms with Gasteiger partial charge in [0, 0.05) is 54.0 Å². The second-order valence-corrected chi connectivity index (χ2v) is 26.7. The van der Waals surface area contributed by atoms with Crippen LogP contribution in [0.3, 0.4) is 0 Å². The molecular weight excluding hydrogens is 1510 g/mol. The van der Waals surface area contributed by atoms with E-state index in [4.69, 9.17) is 21.9 Å². The summed E-state index contributed by atoms with van der Waals surface area (Å²) in [6, 6.07) is -10.5. The number of cyclic esters (lactones) is 1. The number of carbonyl (C=O) groups is 20. The highest BCUT2D eigenvalue weighted by molar-refractivity contribution is 6.05. The van der Waals surface area contributed by atoms with Crippen LogP contribution in [0.15, 0.2) is 54.7 Å². The summed E-state index contributed by atoms with van der Waals surface area (Å²) in [5.41, 5.74) is 18.1. The Labute approximate surface area is 651 Å². The zero-order chi connectivity index (χ0) is 84.9. The standard InChI is InChI=1S/C71H99N17O26/c1-4-5-6-7-8-9-10-21-53(92)80-44(25-37-31-75-41-19-14-12-16-38(37)41)66(108)84-45(27-52(74)91)67(109)86-48(30-59(101)102)68(110)88-60-36(3)114-71(113)49(26-51(90)39-17-11-13-18-40(39)73)87-64(106)43(22-23-56(95)96)82-69(111)50(34-89)81-55(94)32-76-62(104)46(28-57(97)98)83-61(103)35(2)78-65(107)47(29-58(99)100)85-63(105)42(20-15-24-72)79-54(93)33-77-70(60)112/h11-14,16-19,31,35-36,42-50,60,75,89H,4-10,15,20-30,32-34,72-73H2,1-3H3,(H2,74,91)(H,76,104)(H,77,112)(H,78,107)(H,79,93)(H,80,92)(H,81,94)(H,82,111)(H,83,103)(H,84,108)(H,85,105)(H,86,109)(H,87,106)(H,88,110)(H,95,96)(H,97,98)(H,99,100)(H,101,102)/t35-,36-,42+,43+,44+,45+,46+,47+,48+,49+,50-,60+/m1/s1. The van der Waals surface area contributed by atoms with Crippen LogP contribution in [0.25, 0.3) is 10.9 Å². The van der Waals surface area contributed by atoms with Crippen LogP contribution in [0.4, 0.5) is 5.69 Å². The first-order valence-electron chi connectivity index (χ1n) is 36.4. The molecule has 1 fully saturated rings. The number of ketones is 1. The van der Waals surface area contributed by atoms with Gasteiger partial charge in [-0.3, -0.25) is 91.1 Å². The van der Waals surface area contributed by atoms with Crippen molar-refractivity contribution in [2.24, 2.45) is 11.5 Å². The van der Waals surface area contributed by atoms with Gasteiger partial charge in [-0.1, -0.05) is 75.8 Å². The minimum Gasteiger partial charge on any atom is -0.481 e. The molecule has 43 nitrogen and oxygen atoms in total. The number of carboxylic acid groups (broad SMARTS) is 4. The van der Waals surface area contributed by atoms with Crippen LogP contribution in [0.1, 0.15) is 146 Å². The smallest absolute Gasteiger partial charge is 0.329 e. The lowest BCUT2D eigenvalue weighted by Crippen LogP contribution is -2.61. The molecule has 0 unspecified atom stereocenters. The predicted octanol–water partition coefficient (Wildman–Crippen LogP) is -5.87. The number of benzene rings is 2. The van der Waals surface area contributed by atoms with E-state index in [9.17, 15) is 121 Å². The highest BCUT2D eigenvalue weighted by atomic mass is 16.5. The first kappa shape index (κ1) is 93.7. The predicted molar refractivity (Wildman–Crippen MR) is 396 cm³/mol. The molecule has 624 valence electrons. The highest BCUT2D eigenvalue weighted by Crippen LogP contribution is 2.21. The van der Waals surface area contributed by atoms with Crippen molar-refractivity contribution >= 4 is 135 Å². The molecule has 3 aromatic rings. The zero-order valence-electron chi connectivity index (χ0n) is 62.7. The summed E-state index contributed by atoms with van der Waals surface area (Å²) in [4.78, 5) is 275. The van der Waals surface area contributed by atoms with E-state index in [1.165, 1.54) is 24.3 Å². The molecule has 2 heterocycles. The van der Waals surface area contributed by atoms with Crippen LogP contribution >= 0.6 is 0 Å². The number of amides is 14. The number of H-pyrrole nitrogens is 1. The van der Waals surface area contributed by atoms with Gasteiger partial charge in [0.05, 0.1) is 45.4 Å². The third kappa shape index (κ3) is 32.3. The van der Waals surface area contributed by atoms with Gasteiger partial charge in [0.25, 0.3) is 0 Å². The number of Topliss-reactive ketones (excluding diaryl/α,β-unsaturated/α-hetero) is 1. The normalized spacial score (nSPS) is 21.0. The maximum atomic E-state index is 14.8. The van der Waals surface area contributed by atoms with Gasteiger partial charge in [-0.2, -0.15) is 0 Å². The molecule has 43 heteroatoms. The number of aromatic amines is 1. The topological polar surface area (TPSA) is 702 Å². The summed E-state index contributed by atoms with van der Waals surface area (Å²) in [6.45, 7) is 0.0306. The molecule has 0 spiro atoms. The molecule has 14 amide bonds. The number of fused-ring (bicyclic) bond motifs is 1. The van der Waals surface area contributed by atoms with Gasteiger partial charge in [-0.05, 0) is 69.8 Å². The number of para-hydroxylation sites is 2. The monoisotopic (exact) mass is 1610 g/mol. The number of hydrogen-bond donors (Lipinski definition) is 22. The lowest BCUT2D eigenvalue weighted by Gasteiger charge is -2.29. The van der Waals surface area contributed by atoms with Gasteiger partial charge in [-0.25, -0.2) is 4.79 Å². The Morgan fingerprint density at radius 1 is 0.526 bits per heavy atom. The van der Waals surface area contributed by atoms with Gasteiger partial charge in [-0.15, -0.1) is 0 Å². The maximum absolute atomic E-state index is 14.8. The molecule has 2 aromatic carbocycles. The second-order valence-electron chi connectivity index (χ2n) is 26.7. The highest BCUT2D eigenvalue weighted by Gasteiger charge is 2.40. The Bertz CT molecular complexity index is 4000. The number of aromatic nitrogens is 1. The number of carboxylic acids is 4. The summed E-state index contributed by atoms with van der Waals surface area (Å²) in [5.74, 6) is -28.2. The van der Waals surface area contributed by atoms with E-state index in [2.05, 4.69) is 65.1 Å². The van der Waals surface area contributed by atoms with Crippen molar-refractivity contribution in [2.45, 2.75) is 209 Å².